The van der Waals surface area contributed by atoms with Crippen molar-refractivity contribution in [2.75, 3.05) is 24.6 Å². The van der Waals surface area contributed by atoms with Crippen molar-refractivity contribution >= 4 is 11.6 Å². The van der Waals surface area contributed by atoms with Gasteiger partial charge < -0.3 is 15.0 Å². The Kier molecular flexibility index (Phi) is 4.63. The van der Waals surface area contributed by atoms with Gasteiger partial charge in [-0.05, 0) is 49.5 Å². The summed E-state index contributed by atoms with van der Waals surface area (Å²) >= 11 is 0. The second-order valence-electron chi connectivity index (χ2n) is 7.85. The van der Waals surface area contributed by atoms with Gasteiger partial charge in [-0.1, -0.05) is 0 Å². The fraction of sp³-hybridized carbons (Fsp3) is 0.684. The maximum atomic E-state index is 14.1. The standard InChI is InChI=1S/C19H26FN3O2/c1-12(24)22-17-6-14-9-23(18-4-5-21-8-16(18)20)10-15(14)7-19(17)25-11-13-2-3-13/h4-5,8,13-15,17,19H,2-3,6-7,9-11H2,1H3,(H,22,24)/t14-,15+,17-,19-/m1/s1. The molecule has 1 aliphatic heterocycles. The van der Waals surface area contributed by atoms with Crippen LogP contribution in [0.2, 0.25) is 0 Å². The molecule has 0 aromatic carbocycles. The predicted molar refractivity (Wildman–Crippen MR) is 92.7 cm³/mol. The highest BCUT2D eigenvalue weighted by Gasteiger charge is 2.43. The van der Waals surface area contributed by atoms with Crippen LogP contribution in [0.15, 0.2) is 18.5 Å². The summed E-state index contributed by atoms with van der Waals surface area (Å²) in [5.74, 6) is 1.40. The van der Waals surface area contributed by atoms with Crippen LogP contribution >= 0.6 is 0 Å². The molecule has 1 saturated heterocycles. The van der Waals surface area contributed by atoms with E-state index in [-0.39, 0.29) is 23.9 Å². The molecule has 5 nitrogen and oxygen atoms in total. The molecule has 2 saturated carbocycles. The SMILES string of the molecule is CC(=O)N[C@@H]1C[C@@H]2CN(c3ccncc3F)C[C@@H]2C[C@H]1OCC1CC1. The fourth-order valence-electron chi connectivity index (χ4n) is 4.38. The molecule has 2 aliphatic carbocycles. The van der Waals surface area contributed by atoms with Gasteiger partial charge in [-0.3, -0.25) is 9.78 Å². The van der Waals surface area contributed by atoms with Crippen molar-refractivity contribution in [3.8, 4) is 0 Å². The van der Waals surface area contributed by atoms with Crippen molar-refractivity contribution in [2.24, 2.45) is 17.8 Å². The summed E-state index contributed by atoms with van der Waals surface area (Å²) in [4.78, 5) is 17.6. The number of fused-ring (bicyclic) bond motifs is 1. The Bertz CT molecular complexity index is 637. The summed E-state index contributed by atoms with van der Waals surface area (Å²) in [5, 5.41) is 3.09. The molecule has 3 fully saturated rings. The van der Waals surface area contributed by atoms with Crippen molar-refractivity contribution < 1.29 is 13.9 Å². The first-order chi connectivity index (χ1) is 12.1. The second-order valence-corrected chi connectivity index (χ2v) is 7.85. The molecule has 3 aliphatic rings. The molecular weight excluding hydrogens is 321 g/mol. The topological polar surface area (TPSA) is 54.5 Å². The molecule has 25 heavy (non-hydrogen) atoms. The number of nitrogens with zero attached hydrogens (tertiary/aromatic N) is 2. The average Bonchev–Trinajstić information content (AvgIpc) is 3.31. The van der Waals surface area contributed by atoms with E-state index in [4.69, 9.17) is 4.74 Å². The molecule has 2 heterocycles. The largest absolute Gasteiger partial charge is 0.376 e. The zero-order valence-corrected chi connectivity index (χ0v) is 14.7. The van der Waals surface area contributed by atoms with Crippen molar-refractivity contribution in [3.63, 3.8) is 0 Å². The summed E-state index contributed by atoms with van der Waals surface area (Å²) in [7, 11) is 0. The summed E-state index contributed by atoms with van der Waals surface area (Å²) in [6.45, 7) is 4.05. The number of aromatic nitrogens is 1. The Morgan fingerprint density at radius 3 is 2.80 bits per heavy atom. The summed E-state index contributed by atoms with van der Waals surface area (Å²) in [5.41, 5.74) is 0.635. The lowest BCUT2D eigenvalue weighted by Gasteiger charge is -2.38. The number of amides is 1. The van der Waals surface area contributed by atoms with E-state index in [0.717, 1.165) is 32.5 Å². The van der Waals surface area contributed by atoms with Crippen molar-refractivity contribution in [1.29, 1.82) is 0 Å². The highest BCUT2D eigenvalue weighted by atomic mass is 19.1. The molecule has 1 N–H and O–H groups in total. The van der Waals surface area contributed by atoms with Crippen LogP contribution in [0.4, 0.5) is 10.1 Å². The van der Waals surface area contributed by atoms with Gasteiger partial charge in [0.2, 0.25) is 5.91 Å². The Morgan fingerprint density at radius 1 is 1.36 bits per heavy atom. The van der Waals surface area contributed by atoms with E-state index in [1.807, 2.05) is 0 Å². The van der Waals surface area contributed by atoms with Crippen molar-refractivity contribution in [3.05, 3.63) is 24.3 Å². The Morgan fingerprint density at radius 2 is 2.12 bits per heavy atom. The zero-order valence-electron chi connectivity index (χ0n) is 14.7. The zero-order chi connectivity index (χ0) is 17.4. The van der Waals surface area contributed by atoms with Crippen LogP contribution in [0.1, 0.15) is 32.6 Å². The Balaban J connectivity index is 1.45. The molecule has 0 radical (unpaired) electrons. The normalized spacial score (nSPS) is 31.7. The molecule has 0 bridgehead atoms. The van der Waals surface area contributed by atoms with Crippen LogP contribution in [-0.4, -0.2) is 42.7 Å². The summed E-state index contributed by atoms with van der Waals surface area (Å²) in [6.07, 6.45) is 7.36. The molecule has 6 heteroatoms. The molecule has 0 unspecified atom stereocenters. The number of pyridine rings is 1. The lowest BCUT2D eigenvalue weighted by molar-refractivity contribution is -0.122. The number of carbonyl (C=O) groups excluding carboxylic acids is 1. The molecule has 136 valence electrons. The number of rotatable bonds is 5. The van der Waals surface area contributed by atoms with Gasteiger partial charge in [-0.2, -0.15) is 0 Å². The van der Waals surface area contributed by atoms with Crippen molar-refractivity contribution in [2.45, 2.75) is 44.8 Å². The van der Waals surface area contributed by atoms with Crippen LogP contribution in [0.25, 0.3) is 0 Å². The highest BCUT2D eigenvalue weighted by molar-refractivity contribution is 5.73. The number of carbonyl (C=O) groups is 1. The first kappa shape index (κ1) is 16.8. The molecular formula is C19H26FN3O2. The predicted octanol–water partition coefficient (Wildman–Crippen LogP) is 2.37. The van der Waals surface area contributed by atoms with Gasteiger partial charge in [-0.15, -0.1) is 0 Å². The van der Waals surface area contributed by atoms with E-state index < -0.39 is 0 Å². The van der Waals surface area contributed by atoms with Gasteiger partial charge in [0, 0.05) is 32.8 Å². The summed E-state index contributed by atoms with van der Waals surface area (Å²) < 4.78 is 20.3. The van der Waals surface area contributed by atoms with Crippen LogP contribution in [0, 0.1) is 23.6 Å². The smallest absolute Gasteiger partial charge is 0.217 e. The van der Waals surface area contributed by atoms with Gasteiger partial charge in [0.05, 0.1) is 24.0 Å². The maximum absolute atomic E-state index is 14.1. The summed E-state index contributed by atoms with van der Waals surface area (Å²) in [6, 6.07) is 1.82. The van der Waals surface area contributed by atoms with E-state index in [1.165, 1.54) is 19.0 Å². The first-order valence-electron chi connectivity index (χ1n) is 9.33. The minimum absolute atomic E-state index is 0.00139. The second kappa shape index (κ2) is 6.90. The maximum Gasteiger partial charge on any atom is 0.217 e. The van der Waals surface area contributed by atoms with Gasteiger partial charge in [0.1, 0.15) is 0 Å². The number of nitrogens with one attached hydrogen (secondary N) is 1. The van der Waals surface area contributed by atoms with Crippen LogP contribution in [0.3, 0.4) is 0 Å². The van der Waals surface area contributed by atoms with E-state index in [0.29, 0.717) is 23.4 Å². The quantitative estimate of drug-likeness (QED) is 0.888. The van der Waals surface area contributed by atoms with E-state index in [1.54, 1.807) is 19.2 Å². The number of anilines is 1. The molecule has 1 aromatic heterocycles. The van der Waals surface area contributed by atoms with Crippen LogP contribution < -0.4 is 10.2 Å². The van der Waals surface area contributed by atoms with Crippen LogP contribution in [0.5, 0.6) is 0 Å². The molecule has 0 spiro atoms. The van der Waals surface area contributed by atoms with E-state index in [9.17, 15) is 9.18 Å². The van der Waals surface area contributed by atoms with E-state index >= 15 is 0 Å². The molecule has 1 aromatic rings. The van der Waals surface area contributed by atoms with Gasteiger partial charge >= 0.3 is 0 Å². The van der Waals surface area contributed by atoms with E-state index in [2.05, 4.69) is 15.2 Å². The molecule has 4 atom stereocenters. The molecule has 4 rings (SSSR count). The number of ether oxygens (including phenoxy) is 1. The first-order valence-corrected chi connectivity index (χ1v) is 9.33. The third-order valence-electron chi connectivity index (χ3n) is 5.84. The Labute approximate surface area is 147 Å². The number of hydrogen-bond acceptors (Lipinski definition) is 4. The van der Waals surface area contributed by atoms with Gasteiger partial charge in [0.25, 0.3) is 0 Å². The highest BCUT2D eigenvalue weighted by Crippen LogP contribution is 2.40. The minimum Gasteiger partial charge on any atom is -0.376 e. The van der Waals surface area contributed by atoms with Gasteiger partial charge in [0.15, 0.2) is 5.82 Å². The minimum atomic E-state index is -0.263. The average molecular weight is 347 g/mol. The third-order valence-corrected chi connectivity index (χ3v) is 5.84. The lowest BCUT2D eigenvalue weighted by Crippen LogP contribution is -2.50. The Hall–Kier alpha value is -1.69. The monoisotopic (exact) mass is 347 g/mol. The third kappa shape index (κ3) is 3.78. The molecule has 1 amide bonds. The van der Waals surface area contributed by atoms with Gasteiger partial charge in [-0.25, -0.2) is 4.39 Å². The number of halogens is 1. The fourth-order valence-corrected chi connectivity index (χ4v) is 4.38. The van der Waals surface area contributed by atoms with Crippen molar-refractivity contribution in [1.82, 2.24) is 10.3 Å². The van der Waals surface area contributed by atoms with Crippen LogP contribution in [-0.2, 0) is 9.53 Å². The lowest BCUT2D eigenvalue weighted by atomic mass is 9.77. The number of hydrogen-bond donors (Lipinski definition) is 1.